The first-order valence-corrected chi connectivity index (χ1v) is 4.19. The van der Waals surface area contributed by atoms with E-state index in [0.717, 1.165) is 0 Å². The van der Waals surface area contributed by atoms with Gasteiger partial charge < -0.3 is 0 Å². The average Bonchev–Trinajstić information content (AvgIpc) is 2.13. The van der Waals surface area contributed by atoms with Crippen LogP contribution >= 0.6 is 0 Å². The van der Waals surface area contributed by atoms with Gasteiger partial charge in [0.1, 0.15) is 0 Å². The van der Waals surface area contributed by atoms with Crippen molar-refractivity contribution in [2.45, 2.75) is 27.7 Å². The van der Waals surface area contributed by atoms with E-state index in [-0.39, 0.29) is 5.69 Å². The smallest absolute Gasteiger partial charge is 0.261 e. The highest BCUT2D eigenvalue weighted by molar-refractivity contribution is 5.39. The van der Waals surface area contributed by atoms with Crippen LogP contribution < -0.4 is 0 Å². The molecular weight excluding hydrogens is 168 g/mol. The lowest BCUT2D eigenvalue weighted by Crippen LogP contribution is -1.94. The maximum absolute atomic E-state index is 10.4. The van der Waals surface area contributed by atoms with Gasteiger partial charge in [0.05, 0.1) is 4.92 Å². The maximum Gasteiger partial charge on any atom is 0.275 e. The summed E-state index contributed by atoms with van der Waals surface area (Å²) in [6.45, 7) is 7.45. The van der Waals surface area contributed by atoms with Gasteiger partial charge in [-0.3, -0.25) is 15.1 Å². The molecule has 0 aromatic carbocycles. The molecule has 1 rings (SSSR count). The number of hydrogen-bond donors (Lipinski definition) is 0. The Hall–Kier alpha value is -1.45. The number of aromatic nitrogens is 1. The maximum atomic E-state index is 10.4. The fourth-order valence-electron chi connectivity index (χ4n) is 0.825. The van der Waals surface area contributed by atoms with Crippen molar-refractivity contribution in [3.8, 4) is 0 Å². The summed E-state index contributed by atoms with van der Waals surface area (Å²) in [7, 11) is 0. The Kier molecular flexibility index (Phi) is 4.66. The first-order valence-electron chi connectivity index (χ1n) is 4.19. The summed E-state index contributed by atoms with van der Waals surface area (Å²) in [6.07, 6.45) is 1.44. The number of hydrogen-bond acceptors (Lipinski definition) is 3. The molecule has 0 saturated carbocycles. The molecule has 0 bridgehead atoms. The molecule has 72 valence electrons. The molecular formula is C9H14N2O2. The second-order valence-corrected chi connectivity index (χ2v) is 2.30. The van der Waals surface area contributed by atoms with E-state index < -0.39 is 4.92 Å². The van der Waals surface area contributed by atoms with Crippen molar-refractivity contribution in [2.75, 3.05) is 0 Å². The van der Waals surface area contributed by atoms with Crippen LogP contribution in [0.3, 0.4) is 0 Å². The van der Waals surface area contributed by atoms with Crippen LogP contribution in [0.5, 0.6) is 0 Å². The van der Waals surface area contributed by atoms with E-state index in [1.54, 1.807) is 13.8 Å². The Labute approximate surface area is 77.8 Å². The third-order valence-electron chi connectivity index (χ3n) is 1.62. The molecule has 0 N–H and O–H groups in total. The predicted octanol–water partition coefficient (Wildman–Crippen LogP) is 2.63. The number of nitrogens with zero attached hydrogens (tertiary/aromatic N) is 2. The fraction of sp³-hybridized carbons (Fsp3) is 0.444. The van der Waals surface area contributed by atoms with Crippen molar-refractivity contribution in [1.82, 2.24) is 4.98 Å². The Morgan fingerprint density at radius 3 is 2.31 bits per heavy atom. The van der Waals surface area contributed by atoms with E-state index in [9.17, 15) is 10.1 Å². The van der Waals surface area contributed by atoms with Gasteiger partial charge in [-0.05, 0) is 13.8 Å². The molecule has 0 aliphatic carbocycles. The van der Waals surface area contributed by atoms with Gasteiger partial charge in [-0.1, -0.05) is 13.8 Å². The summed E-state index contributed by atoms with van der Waals surface area (Å²) in [5, 5.41) is 10.4. The molecule has 0 amide bonds. The van der Waals surface area contributed by atoms with Crippen molar-refractivity contribution < 1.29 is 4.92 Å². The molecule has 0 radical (unpaired) electrons. The monoisotopic (exact) mass is 182 g/mol. The Morgan fingerprint density at radius 1 is 1.38 bits per heavy atom. The minimum absolute atomic E-state index is 0.137. The zero-order valence-electron chi connectivity index (χ0n) is 8.37. The van der Waals surface area contributed by atoms with Crippen LogP contribution in [0.2, 0.25) is 0 Å². The van der Waals surface area contributed by atoms with Crippen molar-refractivity contribution in [3.63, 3.8) is 0 Å². The zero-order chi connectivity index (χ0) is 10.4. The van der Waals surface area contributed by atoms with Crippen molar-refractivity contribution in [3.05, 3.63) is 33.6 Å². The minimum atomic E-state index is -0.399. The summed E-state index contributed by atoms with van der Waals surface area (Å²) < 4.78 is 0. The lowest BCUT2D eigenvalue weighted by atomic mass is 10.2. The van der Waals surface area contributed by atoms with Gasteiger partial charge in [0.2, 0.25) is 0 Å². The lowest BCUT2D eigenvalue weighted by molar-refractivity contribution is -0.385. The fourth-order valence-corrected chi connectivity index (χ4v) is 0.825. The lowest BCUT2D eigenvalue weighted by Gasteiger charge is -1.97. The molecule has 13 heavy (non-hydrogen) atoms. The summed E-state index contributed by atoms with van der Waals surface area (Å²) >= 11 is 0. The van der Waals surface area contributed by atoms with Gasteiger partial charge >= 0.3 is 0 Å². The molecule has 0 saturated heterocycles. The molecule has 0 aliphatic heterocycles. The second-order valence-electron chi connectivity index (χ2n) is 2.30. The van der Waals surface area contributed by atoms with Crippen LogP contribution in [-0.2, 0) is 0 Å². The van der Waals surface area contributed by atoms with Crippen molar-refractivity contribution in [1.29, 1.82) is 0 Å². The van der Waals surface area contributed by atoms with E-state index in [1.165, 1.54) is 12.3 Å². The van der Waals surface area contributed by atoms with Gasteiger partial charge in [-0.2, -0.15) is 0 Å². The van der Waals surface area contributed by atoms with Gasteiger partial charge in [-0.25, -0.2) is 0 Å². The van der Waals surface area contributed by atoms with Crippen molar-refractivity contribution >= 4 is 5.69 Å². The number of pyridine rings is 1. The van der Waals surface area contributed by atoms with Crippen LogP contribution in [0.25, 0.3) is 0 Å². The molecule has 0 fully saturated rings. The SMILES string of the molecule is CC.Cc1nccc([N+](=O)[O-])c1C. The number of aryl methyl sites for hydroxylation is 1. The number of nitro groups is 1. The van der Waals surface area contributed by atoms with E-state index in [4.69, 9.17) is 0 Å². The normalized spacial score (nSPS) is 8.62. The van der Waals surface area contributed by atoms with Crippen LogP contribution in [0.1, 0.15) is 25.1 Å². The Balaban J connectivity index is 0.000000671. The second kappa shape index (κ2) is 5.24. The Morgan fingerprint density at radius 2 is 1.92 bits per heavy atom. The van der Waals surface area contributed by atoms with Crippen LogP contribution in [0, 0.1) is 24.0 Å². The van der Waals surface area contributed by atoms with Gasteiger partial charge in [0.25, 0.3) is 5.69 Å². The molecule has 1 aromatic heterocycles. The Bertz CT molecular complexity index is 298. The quantitative estimate of drug-likeness (QED) is 0.495. The van der Waals surface area contributed by atoms with E-state index in [2.05, 4.69) is 4.98 Å². The predicted molar refractivity (Wildman–Crippen MR) is 51.7 cm³/mol. The van der Waals surface area contributed by atoms with Gasteiger partial charge in [0, 0.05) is 23.5 Å². The van der Waals surface area contributed by atoms with E-state index >= 15 is 0 Å². The van der Waals surface area contributed by atoms with Crippen LogP contribution in [0.4, 0.5) is 5.69 Å². The molecule has 1 aromatic rings. The first kappa shape index (κ1) is 11.6. The molecule has 0 unspecified atom stereocenters. The molecule has 1 heterocycles. The van der Waals surface area contributed by atoms with E-state index in [0.29, 0.717) is 11.3 Å². The minimum Gasteiger partial charge on any atom is -0.261 e. The highest BCUT2D eigenvalue weighted by atomic mass is 16.6. The van der Waals surface area contributed by atoms with Crippen molar-refractivity contribution in [2.24, 2.45) is 0 Å². The van der Waals surface area contributed by atoms with E-state index in [1.807, 2.05) is 13.8 Å². The first-order chi connectivity index (χ1) is 6.13. The van der Waals surface area contributed by atoms with Crippen LogP contribution in [-0.4, -0.2) is 9.91 Å². The molecule has 0 atom stereocenters. The third kappa shape index (κ3) is 2.82. The molecule has 0 spiro atoms. The van der Waals surface area contributed by atoms with Gasteiger partial charge in [-0.15, -0.1) is 0 Å². The largest absolute Gasteiger partial charge is 0.275 e. The highest BCUT2D eigenvalue weighted by Gasteiger charge is 2.10. The summed E-state index contributed by atoms with van der Waals surface area (Å²) in [4.78, 5) is 13.9. The molecule has 0 aliphatic rings. The summed E-state index contributed by atoms with van der Waals surface area (Å²) in [5.74, 6) is 0. The molecule has 4 heteroatoms. The zero-order valence-corrected chi connectivity index (χ0v) is 8.37. The highest BCUT2D eigenvalue weighted by Crippen LogP contribution is 2.17. The van der Waals surface area contributed by atoms with Crippen LogP contribution in [0.15, 0.2) is 12.3 Å². The number of rotatable bonds is 1. The summed E-state index contributed by atoms with van der Waals surface area (Å²) in [5.41, 5.74) is 1.48. The standard InChI is InChI=1S/C7H8N2O2.C2H6/c1-5-6(2)8-4-3-7(5)9(10)11;1-2/h3-4H,1-2H3;1-2H3. The van der Waals surface area contributed by atoms with Gasteiger partial charge in [0.15, 0.2) is 0 Å². The third-order valence-corrected chi connectivity index (χ3v) is 1.62. The topological polar surface area (TPSA) is 56.0 Å². The molecule has 4 nitrogen and oxygen atoms in total. The average molecular weight is 182 g/mol. The summed E-state index contributed by atoms with van der Waals surface area (Å²) in [6, 6.07) is 1.41.